The second-order valence-electron chi connectivity index (χ2n) is 4.33. The van der Waals surface area contributed by atoms with Gasteiger partial charge >= 0.3 is 6.18 Å². The lowest BCUT2D eigenvalue weighted by Gasteiger charge is -2.16. The van der Waals surface area contributed by atoms with Crippen molar-refractivity contribution in [2.75, 3.05) is 11.9 Å². The van der Waals surface area contributed by atoms with E-state index in [1.165, 1.54) is 0 Å². The van der Waals surface area contributed by atoms with Crippen molar-refractivity contribution in [2.24, 2.45) is 0 Å². The molecule has 0 amide bonds. The number of halogens is 3. The molecule has 0 aliphatic rings. The SMILES string of the molecule is CC[C@H](CO)Nc1c([N+](=O)[O-])cc(C(F)(F)F)cc1[N+](=O)[O-]. The van der Waals surface area contributed by atoms with Gasteiger partial charge in [0.2, 0.25) is 0 Å². The molecule has 2 N–H and O–H groups in total. The summed E-state index contributed by atoms with van der Waals surface area (Å²) in [5, 5.41) is 33.3. The van der Waals surface area contributed by atoms with E-state index in [9.17, 15) is 33.4 Å². The zero-order chi connectivity index (χ0) is 17.1. The van der Waals surface area contributed by atoms with Crippen LogP contribution in [0.25, 0.3) is 0 Å². The normalized spacial score (nSPS) is 12.8. The van der Waals surface area contributed by atoms with E-state index in [4.69, 9.17) is 5.11 Å². The fraction of sp³-hybridized carbons (Fsp3) is 0.455. The van der Waals surface area contributed by atoms with Crippen LogP contribution in [0.15, 0.2) is 12.1 Å². The van der Waals surface area contributed by atoms with Crippen molar-refractivity contribution in [3.8, 4) is 0 Å². The molecule has 0 aliphatic heterocycles. The molecule has 1 aromatic rings. The molecule has 11 heteroatoms. The molecule has 0 heterocycles. The molecule has 22 heavy (non-hydrogen) atoms. The average molecular weight is 323 g/mol. The van der Waals surface area contributed by atoms with Crippen molar-refractivity contribution < 1.29 is 28.1 Å². The van der Waals surface area contributed by atoms with Gasteiger partial charge in [-0.15, -0.1) is 0 Å². The Kier molecular flexibility index (Phi) is 5.25. The first-order valence-corrected chi connectivity index (χ1v) is 6.03. The Morgan fingerprint density at radius 2 is 1.68 bits per heavy atom. The van der Waals surface area contributed by atoms with E-state index in [2.05, 4.69) is 5.32 Å². The van der Waals surface area contributed by atoms with Crippen molar-refractivity contribution in [3.63, 3.8) is 0 Å². The van der Waals surface area contributed by atoms with Crippen LogP contribution >= 0.6 is 0 Å². The van der Waals surface area contributed by atoms with E-state index in [0.717, 1.165) is 0 Å². The third-order valence-corrected chi connectivity index (χ3v) is 2.88. The highest BCUT2D eigenvalue weighted by molar-refractivity contribution is 5.75. The highest BCUT2D eigenvalue weighted by Crippen LogP contribution is 2.41. The highest BCUT2D eigenvalue weighted by atomic mass is 19.4. The first-order valence-electron chi connectivity index (χ1n) is 6.03. The first kappa shape index (κ1) is 17.6. The number of nitro benzene ring substituents is 2. The summed E-state index contributed by atoms with van der Waals surface area (Å²) in [6.07, 6.45) is -4.71. The lowest BCUT2D eigenvalue weighted by atomic mass is 10.1. The predicted molar refractivity (Wildman–Crippen MR) is 69.5 cm³/mol. The van der Waals surface area contributed by atoms with Crippen LogP contribution in [0.4, 0.5) is 30.2 Å². The number of hydrogen-bond donors (Lipinski definition) is 2. The molecule has 0 saturated carbocycles. The van der Waals surface area contributed by atoms with Gasteiger partial charge in [-0.05, 0) is 6.42 Å². The summed E-state index contributed by atoms with van der Waals surface area (Å²) in [4.78, 5) is 19.6. The molecule has 1 rings (SSSR count). The molecule has 8 nitrogen and oxygen atoms in total. The molecule has 0 saturated heterocycles. The minimum atomic E-state index is -4.96. The summed E-state index contributed by atoms with van der Waals surface area (Å²) < 4.78 is 38.1. The Morgan fingerprint density at radius 3 is 1.95 bits per heavy atom. The van der Waals surface area contributed by atoms with Gasteiger partial charge in [-0.1, -0.05) is 6.92 Å². The molecule has 0 fully saturated rings. The van der Waals surface area contributed by atoms with Crippen molar-refractivity contribution in [3.05, 3.63) is 37.9 Å². The number of nitrogens with one attached hydrogen (secondary N) is 1. The van der Waals surface area contributed by atoms with Gasteiger partial charge in [0.1, 0.15) is 0 Å². The number of anilines is 1. The average Bonchev–Trinajstić information content (AvgIpc) is 2.42. The Balaban J connectivity index is 3.57. The van der Waals surface area contributed by atoms with Gasteiger partial charge in [0.15, 0.2) is 5.69 Å². The Labute approximate surface area is 121 Å². The number of aliphatic hydroxyl groups excluding tert-OH is 1. The van der Waals surface area contributed by atoms with Crippen LogP contribution < -0.4 is 5.32 Å². The van der Waals surface area contributed by atoms with E-state index in [-0.39, 0.29) is 18.6 Å². The van der Waals surface area contributed by atoms with E-state index in [1.807, 2.05) is 0 Å². The Hall–Kier alpha value is -2.43. The van der Waals surface area contributed by atoms with Crippen LogP contribution in [0.2, 0.25) is 0 Å². The third-order valence-electron chi connectivity index (χ3n) is 2.88. The summed E-state index contributed by atoms with van der Waals surface area (Å²) in [6, 6.07) is -0.326. The van der Waals surface area contributed by atoms with Gasteiger partial charge in [0.25, 0.3) is 11.4 Å². The minimum Gasteiger partial charge on any atom is -0.394 e. The monoisotopic (exact) mass is 323 g/mol. The van der Waals surface area contributed by atoms with E-state index in [0.29, 0.717) is 0 Å². The summed E-state index contributed by atoms with van der Waals surface area (Å²) in [6.45, 7) is 1.10. The summed E-state index contributed by atoms with van der Waals surface area (Å²) in [7, 11) is 0. The quantitative estimate of drug-likeness (QED) is 0.613. The number of aliphatic hydroxyl groups is 1. The van der Waals surface area contributed by atoms with Gasteiger partial charge in [0, 0.05) is 18.2 Å². The van der Waals surface area contributed by atoms with Crippen molar-refractivity contribution in [1.29, 1.82) is 0 Å². The van der Waals surface area contributed by atoms with Crippen molar-refractivity contribution in [1.82, 2.24) is 0 Å². The second-order valence-corrected chi connectivity index (χ2v) is 4.33. The largest absolute Gasteiger partial charge is 0.416 e. The number of benzene rings is 1. The number of nitrogens with zero attached hydrogens (tertiary/aromatic N) is 2. The number of alkyl halides is 3. The van der Waals surface area contributed by atoms with E-state index in [1.54, 1.807) is 6.92 Å². The zero-order valence-electron chi connectivity index (χ0n) is 11.3. The second kappa shape index (κ2) is 6.56. The summed E-state index contributed by atoms with van der Waals surface area (Å²) >= 11 is 0. The van der Waals surface area contributed by atoms with Crippen LogP contribution in [0.1, 0.15) is 18.9 Å². The zero-order valence-corrected chi connectivity index (χ0v) is 11.3. The maximum absolute atomic E-state index is 12.7. The molecule has 1 atom stereocenters. The van der Waals surface area contributed by atoms with Gasteiger partial charge in [-0.2, -0.15) is 13.2 Å². The maximum Gasteiger partial charge on any atom is 0.416 e. The molecule has 122 valence electrons. The van der Waals surface area contributed by atoms with Crippen LogP contribution in [-0.4, -0.2) is 27.6 Å². The Morgan fingerprint density at radius 1 is 1.23 bits per heavy atom. The van der Waals surface area contributed by atoms with Gasteiger partial charge in [0.05, 0.1) is 22.0 Å². The topological polar surface area (TPSA) is 119 Å². The molecular weight excluding hydrogens is 311 g/mol. The smallest absolute Gasteiger partial charge is 0.394 e. The number of nitro groups is 2. The minimum absolute atomic E-state index is 0.222. The van der Waals surface area contributed by atoms with E-state index < -0.39 is 51.3 Å². The lowest BCUT2D eigenvalue weighted by molar-refractivity contribution is -0.392. The van der Waals surface area contributed by atoms with Crippen LogP contribution in [0, 0.1) is 20.2 Å². The summed E-state index contributed by atoms with van der Waals surface area (Å²) in [5.74, 6) is 0. The molecular formula is C11H12F3N3O5. The number of hydrogen-bond acceptors (Lipinski definition) is 6. The van der Waals surface area contributed by atoms with E-state index >= 15 is 0 Å². The maximum atomic E-state index is 12.7. The fourth-order valence-corrected chi connectivity index (χ4v) is 1.69. The Bertz CT molecular complexity index is 552. The van der Waals surface area contributed by atoms with Crippen molar-refractivity contribution in [2.45, 2.75) is 25.6 Å². The van der Waals surface area contributed by atoms with Gasteiger partial charge in [-0.3, -0.25) is 20.2 Å². The standard InChI is InChI=1S/C11H12F3N3O5/c1-2-7(5-18)15-10-8(16(19)20)3-6(11(12,13)14)4-9(10)17(21)22/h3-4,7,15,18H,2,5H2,1H3/t7-/m1/s1. The molecule has 0 aromatic heterocycles. The number of rotatable bonds is 6. The lowest BCUT2D eigenvalue weighted by Crippen LogP contribution is -2.24. The van der Waals surface area contributed by atoms with Crippen LogP contribution in [0.3, 0.4) is 0 Å². The van der Waals surface area contributed by atoms with Gasteiger partial charge < -0.3 is 10.4 Å². The highest BCUT2D eigenvalue weighted by Gasteiger charge is 2.38. The molecule has 0 aliphatic carbocycles. The molecule has 0 bridgehead atoms. The molecule has 0 spiro atoms. The molecule has 1 aromatic carbocycles. The van der Waals surface area contributed by atoms with Crippen LogP contribution in [0.5, 0.6) is 0 Å². The molecule has 0 unspecified atom stereocenters. The fourth-order valence-electron chi connectivity index (χ4n) is 1.69. The van der Waals surface area contributed by atoms with Crippen LogP contribution in [-0.2, 0) is 6.18 Å². The first-order chi connectivity index (χ1) is 10.1. The van der Waals surface area contributed by atoms with Gasteiger partial charge in [-0.25, -0.2) is 0 Å². The van der Waals surface area contributed by atoms with Crippen molar-refractivity contribution >= 4 is 17.1 Å². The summed E-state index contributed by atoms with van der Waals surface area (Å²) in [5.41, 5.74) is -4.31. The molecule has 0 radical (unpaired) electrons. The predicted octanol–water partition coefficient (Wildman–Crippen LogP) is 2.70. The third kappa shape index (κ3) is 3.81.